The largest absolute Gasteiger partial charge is 0.377 e. The summed E-state index contributed by atoms with van der Waals surface area (Å²) in [5.41, 5.74) is 2.20. The maximum absolute atomic E-state index is 13.0. The molecule has 4 rings (SSSR count). The Kier molecular flexibility index (Phi) is 5.65. The van der Waals surface area contributed by atoms with Crippen LogP contribution < -0.4 is 10.6 Å². The standard InChI is InChI=1S/C20H16FN5O3S/c21-17-4-2-12(7-23-17)11-1-3-15-16(5-11)30-20(26-15)14(6-22)19(28)24-8-18(27)25-13-9-29-10-13/h1-5,7,13-14H,8-10H2,(H,24,28)(H,25,27). The van der Waals surface area contributed by atoms with Gasteiger partial charge in [-0.15, -0.1) is 11.3 Å². The molecule has 0 spiro atoms. The lowest BCUT2D eigenvalue weighted by Crippen LogP contribution is -2.51. The highest BCUT2D eigenvalue weighted by Crippen LogP contribution is 2.31. The second-order valence-electron chi connectivity index (χ2n) is 6.69. The van der Waals surface area contributed by atoms with E-state index in [1.807, 2.05) is 18.2 Å². The Balaban J connectivity index is 1.47. The summed E-state index contributed by atoms with van der Waals surface area (Å²) in [6.07, 6.45) is 1.44. The molecule has 2 N–H and O–H groups in total. The van der Waals surface area contributed by atoms with Crippen LogP contribution in [0.1, 0.15) is 10.9 Å². The van der Waals surface area contributed by atoms with Crippen molar-refractivity contribution >= 4 is 33.4 Å². The molecule has 0 aliphatic carbocycles. The molecule has 3 heterocycles. The van der Waals surface area contributed by atoms with Crippen molar-refractivity contribution in [3.63, 3.8) is 0 Å². The number of nitriles is 1. The van der Waals surface area contributed by atoms with Gasteiger partial charge < -0.3 is 15.4 Å². The van der Waals surface area contributed by atoms with Crippen LogP contribution in [0.25, 0.3) is 21.3 Å². The van der Waals surface area contributed by atoms with Gasteiger partial charge in [-0.25, -0.2) is 9.97 Å². The Morgan fingerprint density at radius 2 is 2.10 bits per heavy atom. The summed E-state index contributed by atoms with van der Waals surface area (Å²) in [5, 5.41) is 15.0. The van der Waals surface area contributed by atoms with Gasteiger partial charge >= 0.3 is 0 Å². The molecule has 1 aliphatic heterocycles. The minimum absolute atomic E-state index is 0.0315. The number of hydrogen-bond acceptors (Lipinski definition) is 7. The average molecular weight is 425 g/mol. The minimum atomic E-state index is -1.13. The second kappa shape index (κ2) is 8.52. The lowest BCUT2D eigenvalue weighted by molar-refractivity contribution is -0.128. The van der Waals surface area contributed by atoms with Gasteiger partial charge in [0.2, 0.25) is 17.8 Å². The molecular formula is C20H16FN5O3S. The molecule has 0 saturated carbocycles. The van der Waals surface area contributed by atoms with Gasteiger partial charge in [-0.1, -0.05) is 6.07 Å². The van der Waals surface area contributed by atoms with Crippen LogP contribution in [0.15, 0.2) is 36.5 Å². The Hall–Kier alpha value is -3.42. The average Bonchev–Trinajstić information content (AvgIpc) is 3.13. The van der Waals surface area contributed by atoms with Crippen molar-refractivity contribution in [1.29, 1.82) is 5.26 Å². The van der Waals surface area contributed by atoms with E-state index in [0.717, 1.165) is 15.8 Å². The fourth-order valence-corrected chi connectivity index (χ4v) is 3.94. The number of hydrogen-bond donors (Lipinski definition) is 2. The van der Waals surface area contributed by atoms with Crippen LogP contribution in [0.2, 0.25) is 0 Å². The molecule has 8 nitrogen and oxygen atoms in total. The van der Waals surface area contributed by atoms with Crippen molar-refractivity contribution in [3.05, 3.63) is 47.5 Å². The molecule has 1 aliphatic rings. The number of fused-ring (bicyclic) bond motifs is 1. The number of thiazole rings is 1. The molecule has 30 heavy (non-hydrogen) atoms. The molecule has 152 valence electrons. The highest BCUT2D eigenvalue weighted by atomic mass is 32.1. The fraction of sp³-hybridized carbons (Fsp3) is 0.250. The zero-order valence-electron chi connectivity index (χ0n) is 15.6. The minimum Gasteiger partial charge on any atom is -0.377 e. The van der Waals surface area contributed by atoms with Crippen LogP contribution in [0.4, 0.5) is 4.39 Å². The first-order valence-corrected chi connectivity index (χ1v) is 9.92. The number of carbonyl (C=O) groups is 2. The van der Waals surface area contributed by atoms with Gasteiger partial charge in [-0.2, -0.15) is 9.65 Å². The third-order valence-electron chi connectivity index (χ3n) is 4.53. The first-order chi connectivity index (χ1) is 14.5. The maximum Gasteiger partial charge on any atom is 0.244 e. The molecule has 1 aromatic carbocycles. The zero-order chi connectivity index (χ0) is 21.1. The van der Waals surface area contributed by atoms with Gasteiger partial charge in [0.05, 0.1) is 42.1 Å². The van der Waals surface area contributed by atoms with E-state index < -0.39 is 17.8 Å². The SMILES string of the molecule is N#CC(C(=O)NCC(=O)NC1COC1)c1nc2ccc(-c3ccc(F)nc3)cc2s1. The lowest BCUT2D eigenvalue weighted by Gasteiger charge is -2.26. The molecule has 1 unspecified atom stereocenters. The molecule has 10 heteroatoms. The van der Waals surface area contributed by atoms with Gasteiger partial charge in [0.25, 0.3) is 0 Å². The third-order valence-corrected chi connectivity index (χ3v) is 5.61. The number of rotatable bonds is 6. The maximum atomic E-state index is 13.0. The quantitative estimate of drug-likeness (QED) is 0.581. The molecule has 0 bridgehead atoms. The number of halogens is 1. The topological polar surface area (TPSA) is 117 Å². The molecule has 2 aromatic heterocycles. The Morgan fingerprint density at radius 1 is 1.30 bits per heavy atom. The van der Waals surface area contributed by atoms with Gasteiger partial charge in [-0.05, 0) is 29.8 Å². The number of ether oxygens (including phenoxy) is 1. The summed E-state index contributed by atoms with van der Waals surface area (Å²) in [4.78, 5) is 32.3. The summed E-state index contributed by atoms with van der Waals surface area (Å²) in [6, 6.07) is 10.3. The first kappa shape index (κ1) is 19.9. The number of amides is 2. The summed E-state index contributed by atoms with van der Waals surface area (Å²) in [5.74, 6) is -2.61. The number of carbonyl (C=O) groups excluding carboxylic acids is 2. The first-order valence-electron chi connectivity index (χ1n) is 9.10. The monoisotopic (exact) mass is 425 g/mol. The zero-order valence-corrected chi connectivity index (χ0v) is 16.4. The van der Waals surface area contributed by atoms with Crippen molar-refractivity contribution in [2.45, 2.75) is 12.0 Å². The van der Waals surface area contributed by atoms with Gasteiger partial charge in [-0.3, -0.25) is 9.59 Å². The smallest absolute Gasteiger partial charge is 0.244 e. The van der Waals surface area contributed by atoms with E-state index in [-0.39, 0.29) is 18.5 Å². The molecule has 1 saturated heterocycles. The van der Waals surface area contributed by atoms with Crippen molar-refractivity contribution in [2.75, 3.05) is 19.8 Å². The molecular weight excluding hydrogens is 409 g/mol. The summed E-state index contributed by atoms with van der Waals surface area (Å²) in [7, 11) is 0. The number of aromatic nitrogens is 2. The van der Waals surface area contributed by atoms with Crippen molar-refractivity contribution < 1.29 is 18.7 Å². The van der Waals surface area contributed by atoms with Crippen LogP contribution >= 0.6 is 11.3 Å². The molecule has 1 atom stereocenters. The van der Waals surface area contributed by atoms with Crippen LogP contribution in [-0.4, -0.2) is 47.6 Å². The summed E-state index contributed by atoms with van der Waals surface area (Å²) in [6.45, 7) is 0.699. The Labute approximate surface area is 174 Å². The Morgan fingerprint density at radius 3 is 2.77 bits per heavy atom. The normalized spacial score (nSPS) is 14.5. The molecule has 2 amide bonds. The van der Waals surface area contributed by atoms with E-state index in [1.54, 1.807) is 12.1 Å². The van der Waals surface area contributed by atoms with Crippen LogP contribution in [0.3, 0.4) is 0 Å². The van der Waals surface area contributed by atoms with Gasteiger partial charge in [0, 0.05) is 11.8 Å². The number of pyridine rings is 1. The lowest BCUT2D eigenvalue weighted by atomic mass is 10.1. The van der Waals surface area contributed by atoms with E-state index in [4.69, 9.17) is 4.74 Å². The summed E-state index contributed by atoms with van der Waals surface area (Å²) < 4.78 is 18.8. The fourth-order valence-electron chi connectivity index (χ4n) is 2.89. The third kappa shape index (κ3) is 4.27. The molecule has 3 aromatic rings. The van der Waals surface area contributed by atoms with Crippen molar-refractivity contribution in [3.8, 4) is 17.2 Å². The second-order valence-corrected chi connectivity index (χ2v) is 7.75. The number of benzene rings is 1. The predicted octanol–water partition coefficient (Wildman–Crippen LogP) is 1.74. The summed E-state index contributed by atoms with van der Waals surface area (Å²) >= 11 is 1.22. The highest BCUT2D eigenvalue weighted by molar-refractivity contribution is 7.18. The van der Waals surface area contributed by atoms with Crippen LogP contribution in [-0.2, 0) is 14.3 Å². The number of nitrogens with one attached hydrogen (secondary N) is 2. The van der Waals surface area contributed by atoms with E-state index >= 15 is 0 Å². The van der Waals surface area contributed by atoms with E-state index in [0.29, 0.717) is 23.7 Å². The molecule has 0 radical (unpaired) electrons. The van der Waals surface area contributed by atoms with E-state index in [9.17, 15) is 19.2 Å². The van der Waals surface area contributed by atoms with Crippen molar-refractivity contribution in [2.24, 2.45) is 0 Å². The predicted molar refractivity (Wildman–Crippen MR) is 107 cm³/mol. The number of nitrogens with zero attached hydrogens (tertiary/aromatic N) is 3. The molecule has 1 fully saturated rings. The van der Waals surface area contributed by atoms with Gasteiger partial charge in [0.1, 0.15) is 5.01 Å². The van der Waals surface area contributed by atoms with E-state index in [1.165, 1.54) is 23.6 Å². The Bertz CT molecular complexity index is 1140. The highest BCUT2D eigenvalue weighted by Gasteiger charge is 2.26. The van der Waals surface area contributed by atoms with E-state index in [2.05, 4.69) is 20.6 Å². The van der Waals surface area contributed by atoms with Crippen molar-refractivity contribution in [1.82, 2.24) is 20.6 Å². The van der Waals surface area contributed by atoms with Gasteiger partial charge in [0.15, 0.2) is 5.92 Å². The van der Waals surface area contributed by atoms with Crippen LogP contribution in [0, 0.1) is 17.3 Å². The van der Waals surface area contributed by atoms with Crippen LogP contribution in [0.5, 0.6) is 0 Å².